The average molecular weight is 345 g/mol. The maximum Gasteiger partial charge on any atom is 0.227 e. The summed E-state index contributed by atoms with van der Waals surface area (Å²) in [6.07, 6.45) is 4.42. The minimum absolute atomic E-state index is 0.207. The lowest BCUT2D eigenvalue weighted by Gasteiger charge is -2.40. The van der Waals surface area contributed by atoms with Crippen LogP contribution in [0.4, 0.5) is 0 Å². The Labute approximate surface area is 151 Å². The van der Waals surface area contributed by atoms with Crippen molar-refractivity contribution in [1.29, 1.82) is 0 Å². The van der Waals surface area contributed by atoms with Crippen molar-refractivity contribution in [1.82, 2.24) is 14.7 Å². The summed E-state index contributed by atoms with van der Waals surface area (Å²) >= 11 is 0. The van der Waals surface area contributed by atoms with E-state index in [2.05, 4.69) is 16.8 Å². The van der Waals surface area contributed by atoms with E-state index in [1.54, 1.807) is 7.11 Å². The van der Waals surface area contributed by atoms with Gasteiger partial charge in [-0.15, -0.1) is 0 Å². The molecule has 2 heterocycles. The van der Waals surface area contributed by atoms with Crippen LogP contribution in [-0.2, 0) is 11.2 Å². The van der Waals surface area contributed by atoms with Gasteiger partial charge in [0.25, 0.3) is 0 Å². The molecule has 0 aromatic heterocycles. The maximum atomic E-state index is 12.6. The van der Waals surface area contributed by atoms with Gasteiger partial charge in [0.15, 0.2) is 0 Å². The second-order valence-electron chi connectivity index (χ2n) is 7.30. The van der Waals surface area contributed by atoms with Gasteiger partial charge in [-0.05, 0) is 32.5 Å². The molecule has 0 spiro atoms. The summed E-state index contributed by atoms with van der Waals surface area (Å²) in [6, 6.07) is 8.48. The molecule has 2 aliphatic heterocycles. The third kappa shape index (κ3) is 4.73. The van der Waals surface area contributed by atoms with E-state index >= 15 is 0 Å². The molecule has 0 saturated carbocycles. The highest BCUT2D eigenvalue weighted by atomic mass is 16.5. The molecule has 0 bridgehead atoms. The minimum Gasteiger partial charge on any atom is -0.496 e. The van der Waals surface area contributed by atoms with E-state index in [4.69, 9.17) is 4.74 Å². The first kappa shape index (κ1) is 18.2. The highest BCUT2D eigenvalue weighted by Gasteiger charge is 2.26. The van der Waals surface area contributed by atoms with Gasteiger partial charge < -0.3 is 14.5 Å². The highest BCUT2D eigenvalue weighted by molar-refractivity contribution is 5.79. The first-order valence-electron chi connectivity index (χ1n) is 9.49. The van der Waals surface area contributed by atoms with Crippen molar-refractivity contribution < 1.29 is 9.53 Å². The first-order valence-corrected chi connectivity index (χ1v) is 9.49. The van der Waals surface area contributed by atoms with Gasteiger partial charge in [0.05, 0.1) is 13.5 Å². The number of para-hydroxylation sites is 1. The summed E-state index contributed by atoms with van der Waals surface area (Å²) in [7, 11) is 3.90. The summed E-state index contributed by atoms with van der Waals surface area (Å²) in [5.41, 5.74) is 0.973. The molecule has 2 aliphatic rings. The van der Waals surface area contributed by atoms with Gasteiger partial charge in [0.2, 0.25) is 5.91 Å². The van der Waals surface area contributed by atoms with Gasteiger partial charge in [-0.1, -0.05) is 24.6 Å². The second kappa shape index (κ2) is 8.68. The number of piperidine rings is 1. The number of hydrogen-bond donors (Lipinski definition) is 0. The number of methoxy groups -OCH3 is 1. The van der Waals surface area contributed by atoms with Crippen molar-refractivity contribution in [2.45, 2.75) is 31.7 Å². The number of nitrogens with zero attached hydrogens (tertiary/aromatic N) is 3. The lowest BCUT2D eigenvalue weighted by molar-refractivity contribution is -0.132. The van der Waals surface area contributed by atoms with Crippen LogP contribution in [0.5, 0.6) is 5.75 Å². The Hall–Kier alpha value is -1.59. The molecule has 1 aromatic rings. The van der Waals surface area contributed by atoms with Gasteiger partial charge in [-0.25, -0.2) is 0 Å². The quantitative estimate of drug-likeness (QED) is 0.816. The van der Waals surface area contributed by atoms with Crippen LogP contribution in [0.15, 0.2) is 24.3 Å². The Kier molecular flexibility index (Phi) is 6.32. The van der Waals surface area contributed by atoms with Gasteiger partial charge in [0.1, 0.15) is 5.75 Å². The van der Waals surface area contributed by atoms with Crippen molar-refractivity contribution in [3.8, 4) is 5.75 Å². The molecule has 138 valence electrons. The molecule has 1 atom stereocenters. The standard InChI is InChI=1S/C20H31N3O2/c1-21-10-6-5-8-18(21)16-22-11-13-23(14-12-22)20(24)15-17-7-3-4-9-19(17)25-2/h3-4,7,9,18H,5-6,8,10-16H2,1-2H3/t18-/m0/s1. The van der Waals surface area contributed by atoms with E-state index in [0.29, 0.717) is 12.5 Å². The Bertz CT molecular complexity index is 570. The SMILES string of the molecule is COc1ccccc1CC(=O)N1CCN(C[C@@H]2CCCCN2C)CC1. The molecule has 3 rings (SSSR count). The summed E-state index contributed by atoms with van der Waals surface area (Å²) < 4.78 is 5.36. The number of piperazine rings is 1. The molecule has 25 heavy (non-hydrogen) atoms. The Morgan fingerprint density at radius 3 is 2.60 bits per heavy atom. The molecule has 0 aliphatic carbocycles. The summed E-state index contributed by atoms with van der Waals surface area (Å²) in [5, 5.41) is 0. The van der Waals surface area contributed by atoms with E-state index in [0.717, 1.165) is 44.0 Å². The molecule has 2 fully saturated rings. The van der Waals surface area contributed by atoms with Crippen molar-refractivity contribution >= 4 is 5.91 Å². The maximum absolute atomic E-state index is 12.6. The molecule has 0 unspecified atom stereocenters. The monoisotopic (exact) mass is 345 g/mol. The number of likely N-dealkylation sites (N-methyl/N-ethyl adjacent to an activating group) is 1. The molecule has 0 N–H and O–H groups in total. The zero-order valence-corrected chi connectivity index (χ0v) is 15.6. The van der Waals surface area contributed by atoms with Crippen molar-refractivity contribution in [2.24, 2.45) is 0 Å². The van der Waals surface area contributed by atoms with Crippen molar-refractivity contribution in [2.75, 3.05) is 53.4 Å². The number of carbonyl (C=O) groups is 1. The van der Waals surface area contributed by atoms with E-state index < -0.39 is 0 Å². The molecule has 1 aromatic carbocycles. The van der Waals surface area contributed by atoms with Crippen LogP contribution in [0.25, 0.3) is 0 Å². The van der Waals surface area contributed by atoms with Crippen molar-refractivity contribution in [3.05, 3.63) is 29.8 Å². The smallest absolute Gasteiger partial charge is 0.227 e. The van der Waals surface area contributed by atoms with E-state index in [1.165, 1.54) is 25.8 Å². The van der Waals surface area contributed by atoms with Crippen LogP contribution in [0.2, 0.25) is 0 Å². The minimum atomic E-state index is 0.207. The molecule has 5 heteroatoms. The fraction of sp³-hybridized carbons (Fsp3) is 0.650. The van der Waals surface area contributed by atoms with Crippen LogP contribution in [0.3, 0.4) is 0 Å². The predicted octanol–water partition coefficient (Wildman–Crippen LogP) is 1.87. The molecule has 1 amide bonds. The number of carbonyl (C=O) groups excluding carboxylic acids is 1. The number of amides is 1. The topological polar surface area (TPSA) is 36.0 Å². The second-order valence-corrected chi connectivity index (χ2v) is 7.30. The van der Waals surface area contributed by atoms with E-state index in [9.17, 15) is 4.79 Å². The average Bonchev–Trinajstić information content (AvgIpc) is 2.64. The predicted molar refractivity (Wildman–Crippen MR) is 100.0 cm³/mol. The van der Waals surface area contributed by atoms with Crippen LogP contribution < -0.4 is 4.74 Å². The normalized spacial score (nSPS) is 22.8. The lowest BCUT2D eigenvalue weighted by atomic mass is 10.0. The van der Waals surface area contributed by atoms with Gasteiger partial charge >= 0.3 is 0 Å². The summed E-state index contributed by atoms with van der Waals surface area (Å²) in [6.45, 7) is 6.02. The Morgan fingerprint density at radius 2 is 1.88 bits per heavy atom. The van der Waals surface area contributed by atoms with E-state index in [-0.39, 0.29) is 5.91 Å². The molecule has 5 nitrogen and oxygen atoms in total. The van der Waals surface area contributed by atoms with Gasteiger partial charge in [0, 0.05) is 44.3 Å². The third-order valence-electron chi connectivity index (χ3n) is 5.65. The third-order valence-corrected chi connectivity index (χ3v) is 5.65. The van der Waals surface area contributed by atoms with Gasteiger partial charge in [-0.2, -0.15) is 0 Å². The summed E-state index contributed by atoms with van der Waals surface area (Å²) in [5.74, 6) is 1.01. The number of likely N-dealkylation sites (tertiary alicyclic amines) is 1. The van der Waals surface area contributed by atoms with Crippen molar-refractivity contribution in [3.63, 3.8) is 0 Å². The fourth-order valence-corrected chi connectivity index (χ4v) is 3.98. The number of hydrogen-bond acceptors (Lipinski definition) is 4. The van der Waals surface area contributed by atoms with Gasteiger partial charge in [-0.3, -0.25) is 9.69 Å². The Balaban J connectivity index is 1.47. The van der Waals surface area contributed by atoms with Crippen LogP contribution >= 0.6 is 0 Å². The Morgan fingerprint density at radius 1 is 1.12 bits per heavy atom. The highest BCUT2D eigenvalue weighted by Crippen LogP contribution is 2.20. The summed E-state index contributed by atoms with van der Waals surface area (Å²) in [4.78, 5) is 19.7. The zero-order valence-electron chi connectivity index (χ0n) is 15.6. The lowest BCUT2D eigenvalue weighted by Crippen LogP contribution is -2.53. The van der Waals surface area contributed by atoms with Crippen LogP contribution in [0.1, 0.15) is 24.8 Å². The number of benzene rings is 1. The fourth-order valence-electron chi connectivity index (χ4n) is 3.98. The number of ether oxygens (including phenoxy) is 1. The first-order chi connectivity index (χ1) is 12.2. The molecule has 0 radical (unpaired) electrons. The molecular formula is C20H31N3O2. The van der Waals surface area contributed by atoms with E-state index in [1.807, 2.05) is 29.2 Å². The zero-order chi connectivity index (χ0) is 17.6. The van der Waals surface area contributed by atoms with Crippen LogP contribution in [-0.4, -0.2) is 80.1 Å². The molecule has 2 saturated heterocycles. The number of rotatable bonds is 5. The molecular weight excluding hydrogens is 314 g/mol. The largest absolute Gasteiger partial charge is 0.496 e. The van der Waals surface area contributed by atoms with Crippen LogP contribution in [0, 0.1) is 0 Å².